The Labute approximate surface area is 207 Å². The lowest BCUT2D eigenvalue weighted by molar-refractivity contribution is 0.138. The van der Waals surface area contributed by atoms with Gasteiger partial charge in [-0.2, -0.15) is 4.98 Å². The van der Waals surface area contributed by atoms with Crippen LogP contribution in [0.25, 0.3) is 5.57 Å². The molecule has 1 atom stereocenters. The number of carbonyl (C=O) groups is 1. The maximum Gasteiger partial charge on any atom is 0.404 e. The summed E-state index contributed by atoms with van der Waals surface area (Å²) < 4.78 is 17.7. The van der Waals surface area contributed by atoms with Crippen LogP contribution in [0.15, 0.2) is 23.4 Å². The van der Waals surface area contributed by atoms with Crippen LogP contribution in [0.5, 0.6) is 0 Å². The van der Waals surface area contributed by atoms with Crippen LogP contribution < -0.4 is 16.0 Å². The molecule has 0 aromatic carbocycles. The van der Waals surface area contributed by atoms with Crippen LogP contribution >= 0.6 is 0 Å². The number of anilines is 2. The molecular weight excluding hydrogens is 466 g/mol. The molecule has 1 saturated carbocycles. The first kappa shape index (κ1) is 23.7. The first-order valence-electron chi connectivity index (χ1n) is 12.0. The quantitative estimate of drug-likeness (QED) is 0.591. The van der Waals surface area contributed by atoms with Crippen LogP contribution in [0.2, 0.25) is 0 Å². The summed E-state index contributed by atoms with van der Waals surface area (Å²) >= 11 is 0. The molecule has 0 unspecified atom stereocenters. The summed E-state index contributed by atoms with van der Waals surface area (Å²) in [6.45, 7) is 5.30. The molecule has 5 rings (SSSR count). The van der Waals surface area contributed by atoms with Crippen LogP contribution in [0.3, 0.4) is 0 Å². The van der Waals surface area contributed by atoms with Gasteiger partial charge < -0.3 is 20.7 Å². The van der Waals surface area contributed by atoms with Crippen molar-refractivity contribution in [3.63, 3.8) is 0 Å². The van der Waals surface area contributed by atoms with Crippen LogP contribution in [-0.2, 0) is 22.0 Å². The Hall–Kier alpha value is -3.08. The Morgan fingerprint density at radius 1 is 1.23 bits per heavy atom. The minimum Gasteiger partial charge on any atom is -0.447 e. The molecule has 2 aliphatic heterocycles. The molecule has 1 aliphatic carbocycles. The minimum absolute atomic E-state index is 0.0552. The molecular formula is C24H31N7O3S. The highest BCUT2D eigenvalue weighted by molar-refractivity contribution is 7.85. The Bertz CT molecular complexity index is 1180. The third-order valence-corrected chi connectivity index (χ3v) is 7.90. The summed E-state index contributed by atoms with van der Waals surface area (Å²) in [5, 5.41) is 3.32. The van der Waals surface area contributed by atoms with E-state index in [4.69, 9.17) is 20.4 Å². The molecule has 3 aliphatic rings. The van der Waals surface area contributed by atoms with Crippen molar-refractivity contribution < 1.29 is 13.7 Å². The number of ether oxygens (including phenoxy) is 1. The fraction of sp³-hybridized carbons (Fsp3) is 0.542. The largest absolute Gasteiger partial charge is 0.447 e. The fourth-order valence-electron chi connectivity index (χ4n) is 4.42. The van der Waals surface area contributed by atoms with Gasteiger partial charge in [-0.1, -0.05) is 6.08 Å². The summed E-state index contributed by atoms with van der Waals surface area (Å²) in [5.41, 5.74) is 7.66. The van der Waals surface area contributed by atoms with E-state index in [9.17, 15) is 9.00 Å². The van der Waals surface area contributed by atoms with Gasteiger partial charge in [0.1, 0.15) is 17.3 Å². The number of nitrogens with zero attached hydrogens (tertiary/aromatic N) is 5. The zero-order chi connectivity index (χ0) is 24.6. The molecule has 4 heterocycles. The number of hydrogen-bond acceptors (Lipinski definition) is 9. The predicted octanol–water partition coefficient (Wildman–Crippen LogP) is 2.78. The number of nitrogens with two attached hydrogens (primary N) is 1. The number of aromatic nitrogens is 4. The predicted molar refractivity (Wildman–Crippen MR) is 134 cm³/mol. The molecule has 2 aromatic rings. The molecule has 0 saturated heterocycles. The molecule has 1 fully saturated rings. The SMILES string of the molecule is CC(C)(COC(N)=O)Nc1nc(N2CCC=C(c3ncc(C4CC4)cn3)CC2)nc2c1[S@@](=O)CC2. The van der Waals surface area contributed by atoms with E-state index in [1.165, 1.54) is 18.4 Å². The van der Waals surface area contributed by atoms with E-state index < -0.39 is 22.4 Å². The van der Waals surface area contributed by atoms with E-state index in [0.29, 0.717) is 34.8 Å². The molecule has 0 bridgehead atoms. The van der Waals surface area contributed by atoms with Crippen molar-refractivity contribution >= 4 is 34.2 Å². The molecule has 186 valence electrons. The van der Waals surface area contributed by atoms with E-state index in [-0.39, 0.29) is 6.61 Å². The summed E-state index contributed by atoms with van der Waals surface area (Å²) in [7, 11) is -1.17. The highest BCUT2D eigenvalue weighted by Crippen LogP contribution is 2.39. The average Bonchev–Trinajstić information content (AvgIpc) is 3.64. The van der Waals surface area contributed by atoms with E-state index in [1.807, 2.05) is 26.2 Å². The van der Waals surface area contributed by atoms with E-state index in [2.05, 4.69) is 26.3 Å². The van der Waals surface area contributed by atoms with Gasteiger partial charge in [0.05, 0.1) is 22.0 Å². The van der Waals surface area contributed by atoms with Crippen LogP contribution in [0.1, 0.15) is 62.5 Å². The number of fused-ring (bicyclic) bond motifs is 1. The normalized spacial score (nSPS) is 20.1. The van der Waals surface area contributed by atoms with E-state index in [1.54, 1.807) is 0 Å². The number of primary amides is 1. The van der Waals surface area contributed by atoms with E-state index >= 15 is 0 Å². The van der Waals surface area contributed by atoms with Crippen molar-refractivity contribution in [2.75, 3.05) is 35.7 Å². The molecule has 0 spiro atoms. The first-order chi connectivity index (χ1) is 16.8. The second kappa shape index (κ2) is 9.52. The third kappa shape index (κ3) is 5.44. The van der Waals surface area contributed by atoms with Gasteiger partial charge in [0.15, 0.2) is 5.82 Å². The van der Waals surface area contributed by atoms with E-state index in [0.717, 1.165) is 43.0 Å². The lowest BCUT2D eigenvalue weighted by Gasteiger charge is -2.28. The number of carbonyl (C=O) groups excluding carboxylic acids is 1. The van der Waals surface area contributed by atoms with Gasteiger partial charge in [0.25, 0.3) is 0 Å². The highest BCUT2D eigenvalue weighted by Gasteiger charge is 2.31. The first-order valence-corrected chi connectivity index (χ1v) is 13.4. The van der Waals surface area contributed by atoms with Gasteiger partial charge in [-0.3, -0.25) is 4.21 Å². The molecule has 2 aromatic heterocycles. The molecule has 3 N–H and O–H groups in total. The van der Waals surface area contributed by atoms with Crippen LogP contribution in [0, 0.1) is 0 Å². The van der Waals surface area contributed by atoms with Gasteiger partial charge in [0, 0.05) is 37.7 Å². The van der Waals surface area contributed by atoms with Gasteiger partial charge in [-0.15, -0.1) is 0 Å². The molecule has 10 nitrogen and oxygen atoms in total. The zero-order valence-corrected chi connectivity index (χ0v) is 20.9. The third-order valence-electron chi connectivity index (χ3n) is 6.44. The molecule has 0 radical (unpaired) electrons. The van der Waals surface area contributed by atoms with Gasteiger partial charge in [0.2, 0.25) is 5.95 Å². The van der Waals surface area contributed by atoms with Crippen molar-refractivity contribution in [2.24, 2.45) is 5.73 Å². The Kier molecular flexibility index (Phi) is 6.43. The number of aryl methyl sites for hydroxylation is 1. The monoisotopic (exact) mass is 497 g/mol. The number of rotatable bonds is 7. The topological polar surface area (TPSA) is 136 Å². The standard InChI is InChI=1S/C24H31N7O3S/c1-24(2,14-34-22(25)32)30-21-19-18(8-11-35(19)33)28-23(29-21)31-9-3-4-16(7-10-31)20-26-12-17(13-27-20)15-5-6-15/h4,12-13,15H,3,5-11,14H2,1-2H3,(H2,25,32)(H,28,29,30)/t35-/m0/s1. The Morgan fingerprint density at radius 2 is 2.00 bits per heavy atom. The summed E-state index contributed by atoms with van der Waals surface area (Å²) in [6, 6.07) is 0. The van der Waals surface area contributed by atoms with Crippen molar-refractivity contribution in [3.05, 3.63) is 35.6 Å². The summed E-state index contributed by atoms with van der Waals surface area (Å²) in [4.78, 5) is 32.7. The highest BCUT2D eigenvalue weighted by atomic mass is 32.2. The van der Waals surface area contributed by atoms with Gasteiger partial charge in [-0.25, -0.2) is 19.7 Å². The van der Waals surface area contributed by atoms with Gasteiger partial charge in [-0.05, 0) is 56.6 Å². The van der Waals surface area contributed by atoms with Gasteiger partial charge >= 0.3 is 6.09 Å². The number of hydrogen-bond donors (Lipinski definition) is 2. The average molecular weight is 498 g/mol. The van der Waals surface area contributed by atoms with Crippen LogP contribution in [0.4, 0.5) is 16.6 Å². The van der Waals surface area contributed by atoms with Crippen molar-refractivity contribution in [1.82, 2.24) is 19.9 Å². The Morgan fingerprint density at radius 3 is 2.71 bits per heavy atom. The Balaban J connectivity index is 1.34. The number of nitrogens with one attached hydrogen (secondary N) is 1. The fourth-order valence-corrected chi connectivity index (χ4v) is 5.72. The summed E-state index contributed by atoms with van der Waals surface area (Å²) in [6.07, 6.45) is 10.0. The summed E-state index contributed by atoms with van der Waals surface area (Å²) in [5.74, 6) is 3.09. The second-order valence-corrected chi connectivity index (χ2v) is 11.4. The molecule has 1 amide bonds. The maximum atomic E-state index is 12.7. The van der Waals surface area contributed by atoms with Crippen molar-refractivity contribution in [2.45, 2.75) is 62.3 Å². The lowest BCUT2D eigenvalue weighted by Crippen LogP contribution is -2.39. The molecule has 35 heavy (non-hydrogen) atoms. The lowest BCUT2D eigenvalue weighted by atomic mass is 10.1. The van der Waals surface area contributed by atoms with Crippen molar-refractivity contribution in [1.29, 1.82) is 0 Å². The maximum absolute atomic E-state index is 12.7. The van der Waals surface area contributed by atoms with Crippen LogP contribution in [-0.4, -0.2) is 61.2 Å². The minimum atomic E-state index is -1.17. The zero-order valence-electron chi connectivity index (χ0n) is 20.1. The second-order valence-electron chi connectivity index (χ2n) is 9.93. The van der Waals surface area contributed by atoms with Crippen molar-refractivity contribution in [3.8, 4) is 0 Å². The molecule has 11 heteroatoms. The smallest absolute Gasteiger partial charge is 0.404 e. The number of amides is 1.